The summed E-state index contributed by atoms with van der Waals surface area (Å²) in [4.78, 5) is 1.76. The Kier molecular flexibility index (Phi) is 4.31. The van der Waals surface area contributed by atoms with Gasteiger partial charge in [0.2, 0.25) is 0 Å². The zero-order chi connectivity index (χ0) is 14.5. The van der Waals surface area contributed by atoms with Crippen LogP contribution >= 0.6 is 0 Å². The van der Waals surface area contributed by atoms with Gasteiger partial charge in [-0.25, -0.2) is 0 Å². The second kappa shape index (κ2) is 6.16. The first-order valence-electron chi connectivity index (χ1n) is 6.64. The fourth-order valence-corrected chi connectivity index (χ4v) is 1.91. The van der Waals surface area contributed by atoms with Crippen molar-refractivity contribution in [2.75, 3.05) is 18.5 Å². The Morgan fingerprint density at radius 2 is 1.80 bits per heavy atom. The molecule has 0 amide bonds. The molecule has 20 heavy (non-hydrogen) atoms. The average Bonchev–Trinajstić information content (AvgIpc) is 2.48. The van der Waals surface area contributed by atoms with Crippen molar-refractivity contribution in [2.24, 2.45) is 0 Å². The van der Waals surface area contributed by atoms with E-state index in [1.165, 1.54) is 5.56 Å². The van der Waals surface area contributed by atoms with Gasteiger partial charge in [0.05, 0.1) is 11.8 Å². The molecule has 0 unspecified atom stereocenters. The summed E-state index contributed by atoms with van der Waals surface area (Å²) in [7, 11) is 1.82. The van der Waals surface area contributed by atoms with E-state index in [0.717, 1.165) is 11.3 Å². The van der Waals surface area contributed by atoms with Crippen molar-refractivity contribution < 1.29 is 0 Å². The molecule has 0 aliphatic rings. The summed E-state index contributed by atoms with van der Waals surface area (Å²) in [6, 6.07) is 14.3. The summed E-state index contributed by atoms with van der Waals surface area (Å²) in [5, 5.41) is 17.0. The van der Waals surface area contributed by atoms with Crippen LogP contribution in [0.3, 0.4) is 0 Å². The average molecular weight is 266 g/mol. The van der Waals surface area contributed by atoms with E-state index >= 15 is 0 Å². The lowest BCUT2D eigenvalue weighted by atomic mass is 10.0. The molecule has 0 N–H and O–H groups in total. The molecule has 1 aromatic heterocycles. The van der Waals surface area contributed by atoms with E-state index in [0.29, 0.717) is 18.3 Å². The first kappa shape index (κ1) is 14.0. The molecule has 2 rings (SSSR count). The largest absolute Gasteiger partial charge is 0.345 e. The number of nitriles is 1. The molecule has 1 aromatic carbocycles. The van der Waals surface area contributed by atoms with Crippen LogP contribution in [-0.2, 0) is 0 Å². The first-order chi connectivity index (χ1) is 9.61. The lowest BCUT2D eigenvalue weighted by Crippen LogP contribution is -2.18. The smallest absolute Gasteiger partial charge is 0.151 e. The number of benzene rings is 1. The third-order valence-electron chi connectivity index (χ3n) is 3.22. The molecule has 0 atom stereocenters. The summed E-state index contributed by atoms with van der Waals surface area (Å²) < 4.78 is 0. The number of aromatic nitrogens is 2. The van der Waals surface area contributed by atoms with E-state index in [4.69, 9.17) is 5.26 Å². The molecule has 0 spiro atoms. The van der Waals surface area contributed by atoms with Gasteiger partial charge in [0.15, 0.2) is 5.82 Å². The second-order valence-electron chi connectivity index (χ2n) is 5.07. The van der Waals surface area contributed by atoms with Crippen LogP contribution in [-0.4, -0.2) is 23.8 Å². The Morgan fingerprint density at radius 1 is 1.10 bits per heavy atom. The van der Waals surface area contributed by atoms with E-state index in [-0.39, 0.29) is 0 Å². The molecular weight excluding hydrogens is 248 g/mol. The van der Waals surface area contributed by atoms with Gasteiger partial charge in [-0.05, 0) is 23.6 Å². The van der Waals surface area contributed by atoms with Crippen molar-refractivity contribution in [1.29, 1.82) is 5.26 Å². The van der Waals surface area contributed by atoms with Crippen LogP contribution in [0.5, 0.6) is 0 Å². The molecular formula is C16H18N4. The Labute approximate surface area is 119 Å². The monoisotopic (exact) mass is 266 g/mol. The molecule has 0 fully saturated rings. The van der Waals surface area contributed by atoms with E-state index in [1.54, 1.807) is 4.90 Å². The van der Waals surface area contributed by atoms with Gasteiger partial charge in [-0.1, -0.05) is 38.1 Å². The van der Waals surface area contributed by atoms with Crippen molar-refractivity contribution in [3.63, 3.8) is 0 Å². The normalized spacial score (nSPS) is 10.3. The van der Waals surface area contributed by atoms with Gasteiger partial charge >= 0.3 is 0 Å². The molecule has 0 aliphatic heterocycles. The van der Waals surface area contributed by atoms with E-state index in [1.807, 2.05) is 19.2 Å². The molecule has 2 aromatic rings. The minimum Gasteiger partial charge on any atom is -0.345 e. The molecule has 0 saturated heterocycles. The maximum absolute atomic E-state index is 8.66. The summed E-state index contributed by atoms with van der Waals surface area (Å²) in [6.07, 6.45) is 0. The van der Waals surface area contributed by atoms with Crippen molar-refractivity contribution >= 4 is 5.82 Å². The van der Waals surface area contributed by atoms with Gasteiger partial charge in [-0.2, -0.15) is 5.26 Å². The predicted molar refractivity (Wildman–Crippen MR) is 80.4 cm³/mol. The maximum atomic E-state index is 8.66. The quantitative estimate of drug-likeness (QED) is 0.797. The third kappa shape index (κ3) is 3.12. The van der Waals surface area contributed by atoms with Crippen LogP contribution in [0.1, 0.15) is 25.3 Å². The first-order valence-corrected chi connectivity index (χ1v) is 6.64. The van der Waals surface area contributed by atoms with Gasteiger partial charge < -0.3 is 4.90 Å². The number of hydrogen-bond acceptors (Lipinski definition) is 4. The van der Waals surface area contributed by atoms with Gasteiger partial charge in [0.25, 0.3) is 0 Å². The van der Waals surface area contributed by atoms with Crippen molar-refractivity contribution in [3.8, 4) is 17.3 Å². The summed E-state index contributed by atoms with van der Waals surface area (Å²) in [5.41, 5.74) is 3.21. The Hall–Kier alpha value is -2.41. The van der Waals surface area contributed by atoms with Gasteiger partial charge in [0.1, 0.15) is 6.54 Å². The lowest BCUT2D eigenvalue weighted by molar-refractivity contribution is 0.866. The fraction of sp³-hybridized carbons (Fsp3) is 0.312. The van der Waals surface area contributed by atoms with Crippen LogP contribution in [0.2, 0.25) is 0 Å². The highest BCUT2D eigenvalue weighted by atomic mass is 15.2. The molecule has 0 bridgehead atoms. The maximum Gasteiger partial charge on any atom is 0.151 e. The van der Waals surface area contributed by atoms with E-state index < -0.39 is 0 Å². The Morgan fingerprint density at radius 3 is 2.30 bits per heavy atom. The van der Waals surface area contributed by atoms with Crippen LogP contribution in [0.4, 0.5) is 5.82 Å². The van der Waals surface area contributed by atoms with Crippen molar-refractivity contribution in [3.05, 3.63) is 42.0 Å². The number of rotatable bonds is 4. The Bertz CT molecular complexity index is 594. The molecule has 0 saturated carbocycles. The number of nitrogens with zero attached hydrogens (tertiary/aromatic N) is 4. The van der Waals surface area contributed by atoms with Gasteiger partial charge in [0, 0.05) is 12.6 Å². The van der Waals surface area contributed by atoms with Crippen LogP contribution in [0.25, 0.3) is 11.3 Å². The minimum absolute atomic E-state index is 0.303. The molecule has 0 radical (unpaired) electrons. The van der Waals surface area contributed by atoms with Crippen LogP contribution in [0.15, 0.2) is 36.4 Å². The molecule has 1 heterocycles. The Balaban J connectivity index is 2.19. The highest BCUT2D eigenvalue weighted by Crippen LogP contribution is 2.21. The van der Waals surface area contributed by atoms with Crippen LogP contribution in [0, 0.1) is 11.3 Å². The predicted octanol–water partition coefficient (Wildman–Crippen LogP) is 3.23. The fourth-order valence-electron chi connectivity index (χ4n) is 1.91. The second-order valence-corrected chi connectivity index (χ2v) is 5.07. The van der Waals surface area contributed by atoms with Crippen LogP contribution < -0.4 is 4.90 Å². The van der Waals surface area contributed by atoms with E-state index in [9.17, 15) is 0 Å². The summed E-state index contributed by atoms with van der Waals surface area (Å²) in [6.45, 7) is 4.65. The standard InChI is InChI=1S/C16H18N4/c1-12(2)13-4-6-14(7-5-13)15-8-9-16(19-18-15)20(3)11-10-17/h4-9,12H,11H2,1-3H3. The minimum atomic E-state index is 0.303. The zero-order valence-electron chi connectivity index (χ0n) is 12.0. The van der Waals surface area contributed by atoms with Gasteiger partial charge in [-0.15, -0.1) is 10.2 Å². The topological polar surface area (TPSA) is 52.8 Å². The molecule has 102 valence electrons. The van der Waals surface area contributed by atoms with Crippen molar-refractivity contribution in [1.82, 2.24) is 10.2 Å². The third-order valence-corrected chi connectivity index (χ3v) is 3.22. The highest BCUT2D eigenvalue weighted by Gasteiger charge is 2.05. The SMILES string of the molecule is CC(C)c1ccc(-c2ccc(N(C)CC#N)nn2)cc1. The number of anilines is 1. The summed E-state index contributed by atoms with van der Waals surface area (Å²) >= 11 is 0. The van der Waals surface area contributed by atoms with Gasteiger partial charge in [-0.3, -0.25) is 0 Å². The molecule has 4 nitrogen and oxygen atoms in total. The highest BCUT2D eigenvalue weighted by molar-refractivity contribution is 5.60. The summed E-state index contributed by atoms with van der Waals surface area (Å²) in [5.74, 6) is 1.23. The number of hydrogen-bond donors (Lipinski definition) is 0. The van der Waals surface area contributed by atoms with E-state index in [2.05, 4.69) is 54.4 Å². The molecule has 0 aliphatic carbocycles. The molecule has 4 heteroatoms. The zero-order valence-corrected chi connectivity index (χ0v) is 12.0. The lowest BCUT2D eigenvalue weighted by Gasteiger charge is -2.13. The van der Waals surface area contributed by atoms with Crippen molar-refractivity contribution in [2.45, 2.75) is 19.8 Å².